The molecule has 0 spiro atoms. The van der Waals surface area contributed by atoms with E-state index in [1.165, 1.54) is 21.7 Å². The third-order valence-corrected chi connectivity index (χ3v) is 5.18. The summed E-state index contributed by atoms with van der Waals surface area (Å²) in [5.74, 6) is 0.151. The topological polar surface area (TPSA) is 48.4 Å². The van der Waals surface area contributed by atoms with Crippen molar-refractivity contribution in [1.82, 2.24) is 10.6 Å². The first-order valence-corrected chi connectivity index (χ1v) is 9.15. The van der Waals surface area contributed by atoms with Crippen LogP contribution >= 0.6 is 0 Å². The monoisotopic (exact) mass is 340 g/mol. The Labute approximate surface area is 147 Å². The Balaban J connectivity index is 1.70. The Hall–Kier alpha value is -2.14. The molecule has 0 aliphatic carbocycles. The molecule has 1 aromatic rings. The first-order chi connectivity index (χ1) is 12.3. The molecule has 3 heterocycles. The molecule has 5 heteroatoms. The second-order valence-corrected chi connectivity index (χ2v) is 6.97. The number of nitrogens with zero attached hydrogens (tertiary/aromatic N) is 1. The third-order valence-electron chi connectivity index (χ3n) is 5.18. The highest BCUT2D eigenvalue weighted by atomic mass is 19.1. The number of rotatable bonds is 4. The van der Waals surface area contributed by atoms with Crippen molar-refractivity contribution >= 4 is 24.2 Å². The van der Waals surface area contributed by atoms with Crippen molar-refractivity contribution < 1.29 is 4.39 Å². The zero-order chi connectivity index (χ0) is 17.1. The standard InChI is InChI=1S/C20H25FN4/c21-10-14-7-17(12-24-11-14)16-8-15-1-4-23-13-19(15)20(9-16)25-18-2-5-22-6-3-18/h1,7-9,11,13,17-18,22-23,25H,2-6,10,12H2. The van der Waals surface area contributed by atoms with Crippen molar-refractivity contribution in [3.8, 4) is 0 Å². The second-order valence-electron chi connectivity index (χ2n) is 6.97. The maximum atomic E-state index is 13.0. The molecular weight excluding hydrogens is 315 g/mol. The van der Waals surface area contributed by atoms with Crippen molar-refractivity contribution in [2.24, 2.45) is 4.99 Å². The van der Waals surface area contributed by atoms with E-state index in [-0.39, 0.29) is 5.92 Å². The van der Waals surface area contributed by atoms with Crippen LogP contribution in [0.1, 0.15) is 24.3 Å². The minimum absolute atomic E-state index is 0.151. The third kappa shape index (κ3) is 3.61. The quantitative estimate of drug-likeness (QED) is 0.768. The smallest absolute Gasteiger partial charge is 0.116 e. The minimum atomic E-state index is -0.449. The molecule has 1 aromatic carbocycles. The van der Waals surface area contributed by atoms with E-state index in [0.717, 1.165) is 32.5 Å². The first-order valence-electron chi connectivity index (χ1n) is 9.15. The van der Waals surface area contributed by atoms with Crippen LogP contribution in [0.25, 0.3) is 12.3 Å². The molecule has 4 nitrogen and oxygen atoms in total. The number of allylic oxidation sites excluding steroid dienone is 1. The van der Waals surface area contributed by atoms with Gasteiger partial charge in [0.05, 0.1) is 0 Å². The number of nitrogens with one attached hydrogen (secondary N) is 3. The summed E-state index contributed by atoms with van der Waals surface area (Å²) >= 11 is 0. The van der Waals surface area contributed by atoms with Gasteiger partial charge in [-0.1, -0.05) is 18.2 Å². The Morgan fingerprint density at radius 3 is 2.96 bits per heavy atom. The molecular formula is C20H25FN4. The van der Waals surface area contributed by atoms with Gasteiger partial charge in [-0.2, -0.15) is 0 Å². The Morgan fingerprint density at radius 1 is 1.24 bits per heavy atom. The summed E-state index contributed by atoms with van der Waals surface area (Å²) in [5, 5.41) is 12.9. The number of alkyl halides is 1. The number of piperidine rings is 1. The molecule has 3 N–H and O–H groups in total. The largest absolute Gasteiger partial charge is 0.387 e. The predicted molar refractivity (Wildman–Crippen MR) is 102 cm³/mol. The van der Waals surface area contributed by atoms with Crippen LogP contribution in [0.3, 0.4) is 0 Å². The number of hydrogen-bond donors (Lipinski definition) is 3. The molecule has 25 heavy (non-hydrogen) atoms. The van der Waals surface area contributed by atoms with Crippen LogP contribution < -0.4 is 26.4 Å². The zero-order valence-electron chi connectivity index (χ0n) is 14.4. The lowest BCUT2D eigenvalue weighted by Crippen LogP contribution is -2.40. The number of aliphatic imine (C=N–C) groups is 1. The van der Waals surface area contributed by atoms with Gasteiger partial charge in [-0.05, 0) is 48.4 Å². The predicted octanol–water partition coefficient (Wildman–Crippen LogP) is 1.04. The van der Waals surface area contributed by atoms with E-state index >= 15 is 0 Å². The molecule has 1 unspecified atom stereocenters. The molecule has 0 bridgehead atoms. The molecule has 0 amide bonds. The average molecular weight is 340 g/mol. The summed E-state index contributed by atoms with van der Waals surface area (Å²) in [6.07, 6.45) is 10.3. The second kappa shape index (κ2) is 7.40. The molecule has 3 aliphatic rings. The normalized spacial score (nSPS) is 22.9. The summed E-state index contributed by atoms with van der Waals surface area (Å²) < 4.78 is 13.0. The fourth-order valence-electron chi connectivity index (χ4n) is 3.80. The van der Waals surface area contributed by atoms with E-state index in [1.54, 1.807) is 6.21 Å². The summed E-state index contributed by atoms with van der Waals surface area (Å²) in [7, 11) is 0. The van der Waals surface area contributed by atoms with Crippen LogP contribution in [0.5, 0.6) is 0 Å². The van der Waals surface area contributed by atoms with Crippen LogP contribution in [0, 0.1) is 0 Å². The zero-order valence-corrected chi connectivity index (χ0v) is 14.4. The van der Waals surface area contributed by atoms with Crippen molar-refractivity contribution in [2.45, 2.75) is 24.8 Å². The van der Waals surface area contributed by atoms with Gasteiger partial charge in [0, 0.05) is 48.4 Å². The first kappa shape index (κ1) is 16.3. The average Bonchev–Trinajstić information content (AvgIpc) is 2.69. The maximum absolute atomic E-state index is 13.0. The summed E-state index contributed by atoms with van der Waals surface area (Å²) in [4.78, 5) is 4.35. The van der Waals surface area contributed by atoms with Gasteiger partial charge in [0.1, 0.15) is 6.67 Å². The van der Waals surface area contributed by atoms with E-state index < -0.39 is 6.67 Å². The molecule has 132 valence electrons. The van der Waals surface area contributed by atoms with E-state index in [0.29, 0.717) is 18.2 Å². The maximum Gasteiger partial charge on any atom is 0.116 e. The van der Waals surface area contributed by atoms with Gasteiger partial charge in [0.2, 0.25) is 0 Å². The number of hydrogen-bond acceptors (Lipinski definition) is 4. The number of fused-ring (bicyclic) bond motifs is 1. The van der Waals surface area contributed by atoms with Gasteiger partial charge in [0.25, 0.3) is 0 Å². The van der Waals surface area contributed by atoms with Crippen molar-refractivity contribution in [1.29, 1.82) is 0 Å². The summed E-state index contributed by atoms with van der Waals surface area (Å²) in [6.45, 7) is 3.21. The van der Waals surface area contributed by atoms with Crippen LogP contribution in [0.15, 0.2) is 28.8 Å². The highest BCUT2D eigenvalue weighted by Crippen LogP contribution is 2.23. The van der Waals surface area contributed by atoms with Crippen LogP contribution in [0.2, 0.25) is 0 Å². The molecule has 1 saturated heterocycles. The van der Waals surface area contributed by atoms with Gasteiger partial charge in [-0.3, -0.25) is 4.99 Å². The van der Waals surface area contributed by atoms with Crippen LogP contribution in [-0.2, 0) is 0 Å². The molecule has 0 radical (unpaired) electrons. The van der Waals surface area contributed by atoms with E-state index in [9.17, 15) is 4.39 Å². The van der Waals surface area contributed by atoms with Gasteiger partial charge in [-0.15, -0.1) is 0 Å². The molecule has 4 rings (SSSR count). The molecule has 1 fully saturated rings. The number of halogens is 1. The van der Waals surface area contributed by atoms with Crippen LogP contribution in [0.4, 0.5) is 10.1 Å². The number of dihydropyridines is 1. The van der Waals surface area contributed by atoms with Crippen molar-refractivity contribution in [3.63, 3.8) is 0 Å². The van der Waals surface area contributed by atoms with E-state index in [2.05, 4.69) is 45.4 Å². The Kier molecular flexibility index (Phi) is 4.83. The van der Waals surface area contributed by atoms with Crippen LogP contribution in [-0.4, -0.2) is 45.1 Å². The van der Waals surface area contributed by atoms with Gasteiger partial charge in [0.15, 0.2) is 0 Å². The van der Waals surface area contributed by atoms with E-state index in [4.69, 9.17) is 0 Å². The summed E-state index contributed by atoms with van der Waals surface area (Å²) in [5.41, 5.74) is 3.07. The lowest BCUT2D eigenvalue weighted by atomic mass is 9.93. The van der Waals surface area contributed by atoms with Gasteiger partial charge in [-0.25, -0.2) is 4.39 Å². The number of anilines is 1. The lowest BCUT2D eigenvalue weighted by molar-refractivity contribution is 0.479. The SMILES string of the molecule is FCC1=CC(c2cc(NC3CCNCC3)c3c(c2)=CCNC=3)CN=C1. The van der Waals surface area contributed by atoms with Gasteiger partial charge >= 0.3 is 0 Å². The van der Waals surface area contributed by atoms with E-state index in [1.807, 2.05) is 6.08 Å². The highest BCUT2D eigenvalue weighted by molar-refractivity contribution is 5.80. The Morgan fingerprint density at radius 2 is 2.12 bits per heavy atom. The lowest BCUT2D eigenvalue weighted by Gasteiger charge is -2.26. The molecule has 0 saturated carbocycles. The number of benzene rings is 1. The highest BCUT2D eigenvalue weighted by Gasteiger charge is 2.17. The minimum Gasteiger partial charge on any atom is -0.387 e. The van der Waals surface area contributed by atoms with Gasteiger partial charge < -0.3 is 16.0 Å². The molecule has 1 atom stereocenters. The molecule has 0 aromatic heterocycles. The van der Waals surface area contributed by atoms with Crippen molar-refractivity contribution in [2.75, 3.05) is 38.2 Å². The molecule has 3 aliphatic heterocycles. The fourth-order valence-corrected chi connectivity index (χ4v) is 3.80. The Bertz CT molecular complexity index is 806. The summed E-state index contributed by atoms with van der Waals surface area (Å²) in [6, 6.07) is 4.96. The van der Waals surface area contributed by atoms with Crippen molar-refractivity contribution in [3.05, 3.63) is 39.8 Å². The fraction of sp³-hybridized carbons (Fsp3) is 0.450.